The second-order valence-electron chi connectivity index (χ2n) is 6.10. The molecule has 5 heteroatoms. The summed E-state index contributed by atoms with van der Waals surface area (Å²) >= 11 is 6.08. The second-order valence-corrected chi connectivity index (χ2v) is 6.51. The van der Waals surface area contributed by atoms with Crippen LogP contribution in [0.1, 0.15) is 31.5 Å². The third-order valence-electron chi connectivity index (χ3n) is 4.18. The lowest BCUT2D eigenvalue weighted by Gasteiger charge is -2.24. The fourth-order valence-electron chi connectivity index (χ4n) is 2.95. The number of halogens is 1. The maximum Gasteiger partial charge on any atom is 0.222 e. The normalized spacial score (nSPS) is 18.0. The Hall–Kier alpha value is -1.68. The number of aromatic amines is 1. The number of benzene rings is 1. The van der Waals surface area contributed by atoms with Gasteiger partial charge in [0, 0.05) is 28.6 Å². The number of fused-ring (bicyclic) bond motifs is 3. The zero-order valence-electron chi connectivity index (χ0n) is 12.3. The standard InChI is InChI=1S/C16H20ClN3O/c1-8(2)16(21)19-9-3-4-14-10(5-9)11-6-13(18)12(17)7-15(11)20-14/h6-9,20H,3-5,18H2,1-2H3,(H,19,21). The largest absolute Gasteiger partial charge is 0.398 e. The van der Waals surface area contributed by atoms with Crippen molar-refractivity contribution in [2.24, 2.45) is 5.92 Å². The molecule has 1 aliphatic rings. The molecule has 2 aromatic rings. The molecule has 0 aliphatic heterocycles. The number of carbonyl (C=O) groups is 1. The van der Waals surface area contributed by atoms with Gasteiger partial charge < -0.3 is 16.0 Å². The fourth-order valence-corrected chi connectivity index (χ4v) is 3.11. The van der Waals surface area contributed by atoms with Crippen LogP contribution in [0.4, 0.5) is 5.69 Å². The predicted octanol–water partition coefficient (Wildman–Crippen LogP) is 3.03. The molecule has 0 saturated carbocycles. The van der Waals surface area contributed by atoms with Gasteiger partial charge in [-0.1, -0.05) is 25.4 Å². The van der Waals surface area contributed by atoms with Crippen molar-refractivity contribution in [2.75, 3.05) is 5.73 Å². The van der Waals surface area contributed by atoms with Crippen molar-refractivity contribution in [3.8, 4) is 0 Å². The predicted molar refractivity (Wildman–Crippen MR) is 86.5 cm³/mol. The first kappa shape index (κ1) is 14.3. The molecule has 4 N–H and O–H groups in total. The summed E-state index contributed by atoms with van der Waals surface area (Å²) in [6.07, 6.45) is 2.74. The Bertz CT molecular complexity index is 705. The summed E-state index contributed by atoms with van der Waals surface area (Å²) in [5.74, 6) is 0.134. The number of aromatic nitrogens is 1. The first-order valence-corrected chi connectivity index (χ1v) is 7.72. The van der Waals surface area contributed by atoms with E-state index in [0.717, 1.165) is 30.2 Å². The minimum absolute atomic E-state index is 0.0174. The van der Waals surface area contributed by atoms with Gasteiger partial charge in [-0.3, -0.25) is 4.79 Å². The zero-order chi connectivity index (χ0) is 15.1. The number of anilines is 1. The van der Waals surface area contributed by atoms with Crippen molar-refractivity contribution in [1.29, 1.82) is 0 Å². The molecule has 0 saturated heterocycles. The molecular formula is C16H20ClN3O. The Morgan fingerprint density at radius 2 is 2.24 bits per heavy atom. The van der Waals surface area contributed by atoms with Crippen LogP contribution in [0.15, 0.2) is 12.1 Å². The Morgan fingerprint density at radius 1 is 1.48 bits per heavy atom. The van der Waals surface area contributed by atoms with E-state index in [0.29, 0.717) is 10.7 Å². The summed E-state index contributed by atoms with van der Waals surface area (Å²) in [6.45, 7) is 3.83. The number of amides is 1. The van der Waals surface area contributed by atoms with Gasteiger partial charge in [-0.25, -0.2) is 0 Å². The van der Waals surface area contributed by atoms with Crippen molar-refractivity contribution in [1.82, 2.24) is 10.3 Å². The highest BCUT2D eigenvalue weighted by Crippen LogP contribution is 2.33. The summed E-state index contributed by atoms with van der Waals surface area (Å²) in [5.41, 5.74) is 10.0. The van der Waals surface area contributed by atoms with E-state index in [1.807, 2.05) is 26.0 Å². The number of aryl methyl sites for hydroxylation is 1. The van der Waals surface area contributed by atoms with Crippen molar-refractivity contribution in [3.63, 3.8) is 0 Å². The van der Waals surface area contributed by atoms with E-state index in [1.165, 1.54) is 11.3 Å². The minimum atomic E-state index is 0.0174. The van der Waals surface area contributed by atoms with Crippen LogP contribution in [0, 0.1) is 5.92 Å². The highest BCUT2D eigenvalue weighted by atomic mass is 35.5. The van der Waals surface area contributed by atoms with Crippen LogP contribution in [0.3, 0.4) is 0 Å². The average Bonchev–Trinajstić information content (AvgIpc) is 2.76. The van der Waals surface area contributed by atoms with E-state index in [4.69, 9.17) is 17.3 Å². The smallest absolute Gasteiger partial charge is 0.222 e. The first-order chi connectivity index (χ1) is 9.95. The molecule has 1 aromatic heterocycles. The van der Waals surface area contributed by atoms with Crippen molar-refractivity contribution >= 4 is 34.1 Å². The van der Waals surface area contributed by atoms with Gasteiger partial charge in [0.25, 0.3) is 0 Å². The van der Waals surface area contributed by atoms with Crippen molar-refractivity contribution in [3.05, 3.63) is 28.4 Å². The molecule has 21 heavy (non-hydrogen) atoms. The van der Waals surface area contributed by atoms with Crippen LogP contribution < -0.4 is 11.1 Å². The number of nitrogens with two attached hydrogens (primary N) is 1. The highest BCUT2D eigenvalue weighted by Gasteiger charge is 2.24. The molecule has 1 unspecified atom stereocenters. The summed E-state index contributed by atoms with van der Waals surface area (Å²) in [6, 6.07) is 4.01. The summed E-state index contributed by atoms with van der Waals surface area (Å²) in [4.78, 5) is 15.3. The first-order valence-electron chi connectivity index (χ1n) is 7.34. The number of nitrogens with one attached hydrogen (secondary N) is 2. The molecule has 1 amide bonds. The quantitative estimate of drug-likeness (QED) is 0.746. The summed E-state index contributed by atoms with van der Waals surface area (Å²) in [5, 5.41) is 4.83. The van der Waals surface area contributed by atoms with Crippen LogP contribution in [0.2, 0.25) is 5.02 Å². The molecule has 3 rings (SSSR count). The van der Waals surface area contributed by atoms with Crippen molar-refractivity contribution < 1.29 is 4.79 Å². The third kappa shape index (κ3) is 2.60. The SMILES string of the molecule is CC(C)C(=O)NC1CCc2[nH]c3cc(Cl)c(N)cc3c2C1. The van der Waals surface area contributed by atoms with Gasteiger partial charge in [-0.15, -0.1) is 0 Å². The monoisotopic (exact) mass is 305 g/mol. The fraction of sp³-hybridized carbons (Fsp3) is 0.438. The molecule has 0 bridgehead atoms. The van der Waals surface area contributed by atoms with Gasteiger partial charge in [-0.2, -0.15) is 0 Å². The molecule has 1 heterocycles. The van der Waals surface area contributed by atoms with Gasteiger partial charge in [0.2, 0.25) is 5.91 Å². The van der Waals surface area contributed by atoms with E-state index in [2.05, 4.69) is 10.3 Å². The van der Waals surface area contributed by atoms with Crippen LogP contribution in [-0.2, 0) is 17.6 Å². The molecule has 112 valence electrons. The molecule has 1 atom stereocenters. The number of carbonyl (C=O) groups excluding carboxylic acids is 1. The van der Waals surface area contributed by atoms with E-state index in [1.54, 1.807) is 0 Å². The molecule has 1 aromatic carbocycles. The lowest BCUT2D eigenvalue weighted by atomic mass is 9.91. The summed E-state index contributed by atoms with van der Waals surface area (Å²) in [7, 11) is 0. The maximum atomic E-state index is 11.9. The number of hydrogen-bond donors (Lipinski definition) is 3. The number of hydrogen-bond acceptors (Lipinski definition) is 2. The Kier molecular flexibility index (Phi) is 3.57. The van der Waals surface area contributed by atoms with E-state index in [9.17, 15) is 4.79 Å². The number of rotatable bonds is 2. The Morgan fingerprint density at radius 3 is 2.95 bits per heavy atom. The highest BCUT2D eigenvalue weighted by molar-refractivity contribution is 6.33. The molecular weight excluding hydrogens is 286 g/mol. The van der Waals surface area contributed by atoms with Crippen LogP contribution >= 0.6 is 11.6 Å². The average molecular weight is 306 g/mol. The van der Waals surface area contributed by atoms with Gasteiger partial charge in [0.1, 0.15) is 0 Å². The third-order valence-corrected chi connectivity index (χ3v) is 4.50. The van der Waals surface area contributed by atoms with Crippen molar-refractivity contribution in [2.45, 2.75) is 39.2 Å². The van der Waals surface area contributed by atoms with Gasteiger partial charge >= 0.3 is 0 Å². The molecule has 0 fully saturated rings. The Balaban J connectivity index is 1.91. The minimum Gasteiger partial charge on any atom is -0.398 e. The maximum absolute atomic E-state index is 11.9. The second kappa shape index (κ2) is 5.26. The Labute approximate surface area is 129 Å². The molecule has 1 aliphatic carbocycles. The van der Waals surface area contributed by atoms with E-state index < -0.39 is 0 Å². The van der Waals surface area contributed by atoms with Gasteiger partial charge in [0.15, 0.2) is 0 Å². The van der Waals surface area contributed by atoms with Gasteiger partial charge in [-0.05, 0) is 37.0 Å². The summed E-state index contributed by atoms with van der Waals surface area (Å²) < 4.78 is 0. The van der Waals surface area contributed by atoms with Gasteiger partial charge in [0.05, 0.1) is 10.7 Å². The van der Waals surface area contributed by atoms with Crippen LogP contribution in [-0.4, -0.2) is 16.9 Å². The lowest BCUT2D eigenvalue weighted by Crippen LogP contribution is -2.40. The molecule has 0 radical (unpaired) electrons. The zero-order valence-corrected chi connectivity index (χ0v) is 13.1. The lowest BCUT2D eigenvalue weighted by molar-refractivity contribution is -0.124. The molecule has 4 nitrogen and oxygen atoms in total. The topological polar surface area (TPSA) is 70.9 Å². The van der Waals surface area contributed by atoms with Crippen LogP contribution in [0.25, 0.3) is 10.9 Å². The number of H-pyrrole nitrogens is 1. The van der Waals surface area contributed by atoms with E-state index in [-0.39, 0.29) is 17.9 Å². The number of nitrogen functional groups attached to an aromatic ring is 1. The van der Waals surface area contributed by atoms with Crippen LogP contribution in [0.5, 0.6) is 0 Å². The van der Waals surface area contributed by atoms with E-state index >= 15 is 0 Å². The molecule has 0 spiro atoms.